The average Bonchev–Trinajstić information content (AvgIpc) is 2.97. The fraction of sp³-hybridized carbons (Fsp3) is 0.818. The average molecular weight is 257 g/mol. The van der Waals surface area contributed by atoms with Gasteiger partial charge in [-0.05, 0) is 6.42 Å². The van der Waals surface area contributed by atoms with Gasteiger partial charge < -0.3 is 24.4 Å². The summed E-state index contributed by atoms with van der Waals surface area (Å²) in [5.41, 5.74) is 0. The standard InChI is InChI=1S/C11H19N3O4/c1-16-4-5-17-3-2-10-13-11(18-14-10)9-6-8(15)7-12-9/h8-9,12,15H,2-7H2,1H3/t8-,9-/m1/s1. The van der Waals surface area contributed by atoms with Crippen LogP contribution in [0.5, 0.6) is 0 Å². The van der Waals surface area contributed by atoms with E-state index in [4.69, 9.17) is 14.0 Å². The summed E-state index contributed by atoms with van der Waals surface area (Å²) in [6.07, 6.45) is 0.900. The van der Waals surface area contributed by atoms with Crippen molar-refractivity contribution in [2.24, 2.45) is 0 Å². The molecule has 2 rings (SSSR count). The third-order valence-corrected chi connectivity index (χ3v) is 2.79. The second kappa shape index (κ2) is 6.79. The number of methoxy groups -OCH3 is 1. The molecule has 1 saturated heterocycles. The molecule has 7 heteroatoms. The largest absolute Gasteiger partial charge is 0.392 e. The van der Waals surface area contributed by atoms with Crippen LogP contribution in [0.1, 0.15) is 24.2 Å². The molecule has 2 N–H and O–H groups in total. The van der Waals surface area contributed by atoms with Gasteiger partial charge in [0.1, 0.15) is 0 Å². The maximum Gasteiger partial charge on any atom is 0.243 e. The number of nitrogens with zero attached hydrogens (tertiary/aromatic N) is 2. The molecule has 1 aliphatic heterocycles. The Labute approximate surface area is 105 Å². The van der Waals surface area contributed by atoms with Crippen LogP contribution in [-0.4, -0.2) is 54.8 Å². The quantitative estimate of drug-likeness (QED) is 0.646. The topological polar surface area (TPSA) is 89.6 Å². The minimum atomic E-state index is -0.331. The summed E-state index contributed by atoms with van der Waals surface area (Å²) < 4.78 is 15.4. The Balaban J connectivity index is 1.72. The second-order valence-electron chi connectivity index (χ2n) is 4.25. The number of ether oxygens (including phenoxy) is 2. The Morgan fingerprint density at radius 1 is 1.44 bits per heavy atom. The number of rotatable bonds is 7. The first kappa shape index (κ1) is 13.4. The molecule has 1 fully saturated rings. The minimum absolute atomic E-state index is 0.0318. The van der Waals surface area contributed by atoms with Gasteiger partial charge in [-0.1, -0.05) is 5.16 Å². The molecule has 0 aromatic carbocycles. The van der Waals surface area contributed by atoms with Gasteiger partial charge >= 0.3 is 0 Å². The maximum atomic E-state index is 9.41. The van der Waals surface area contributed by atoms with Crippen LogP contribution in [0.25, 0.3) is 0 Å². The maximum absolute atomic E-state index is 9.41. The first-order valence-corrected chi connectivity index (χ1v) is 6.10. The number of hydrogen-bond donors (Lipinski definition) is 2. The van der Waals surface area contributed by atoms with Crippen molar-refractivity contribution in [3.8, 4) is 0 Å². The van der Waals surface area contributed by atoms with E-state index in [1.807, 2.05) is 0 Å². The van der Waals surface area contributed by atoms with E-state index in [0.29, 0.717) is 50.9 Å². The fourth-order valence-electron chi connectivity index (χ4n) is 1.82. The van der Waals surface area contributed by atoms with Crippen LogP contribution in [-0.2, 0) is 15.9 Å². The predicted molar refractivity (Wildman–Crippen MR) is 62.1 cm³/mol. The lowest BCUT2D eigenvalue weighted by Crippen LogP contribution is -2.15. The summed E-state index contributed by atoms with van der Waals surface area (Å²) in [7, 11) is 1.64. The highest BCUT2D eigenvalue weighted by molar-refractivity contribution is 4.97. The molecule has 18 heavy (non-hydrogen) atoms. The lowest BCUT2D eigenvalue weighted by atomic mass is 10.2. The van der Waals surface area contributed by atoms with Gasteiger partial charge in [-0.2, -0.15) is 4.98 Å². The zero-order valence-corrected chi connectivity index (χ0v) is 10.5. The van der Waals surface area contributed by atoms with Gasteiger partial charge in [0.25, 0.3) is 0 Å². The lowest BCUT2D eigenvalue weighted by molar-refractivity contribution is 0.0714. The Bertz CT molecular complexity index is 358. The summed E-state index contributed by atoms with van der Waals surface area (Å²) >= 11 is 0. The fourth-order valence-corrected chi connectivity index (χ4v) is 1.82. The summed E-state index contributed by atoms with van der Waals surface area (Å²) in [6, 6.07) is -0.0318. The van der Waals surface area contributed by atoms with Gasteiger partial charge in [-0.3, -0.25) is 0 Å². The van der Waals surface area contributed by atoms with Crippen molar-refractivity contribution in [1.29, 1.82) is 0 Å². The van der Waals surface area contributed by atoms with Crippen molar-refractivity contribution >= 4 is 0 Å². The molecule has 102 valence electrons. The SMILES string of the molecule is COCCOCCc1noc([C@H]2C[C@@H](O)CN2)n1. The van der Waals surface area contributed by atoms with Gasteiger partial charge in [0.05, 0.1) is 32.0 Å². The number of aliphatic hydroxyl groups is 1. The Morgan fingerprint density at radius 3 is 3.06 bits per heavy atom. The summed E-state index contributed by atoms with van der Waals surface area (Å²) in [6.45, 7) is 2.27. The van der Waals surface area contributed by atoms with E-state index in [-0.39, 0.29) is 12.1 Å². The van der Waals surface area contributed by atoms with Crippen LogP contribution >= 0.6 is 0 Å². The first-order chi connectivity index (χ1) is 8.79. The van der Waals surface area contributed by atoms with Crippen molar-refractivity contribution < 1.29 is 19.1 Å². The molecule has 0 saturated carbocycles. The van der Waals surface area contributed by atoms with Crippen LogP contribution in [0.2, 0.25) is 0 Å². The second-order valence-corrected chi connectivity index (χ2v) is 4.25. The summed E-state index contributed by atoms with van der Waals surface area (Å²) in [5.74, 6) is 1.17. The van der Waals surface area contributed by atoms with E-state index in [0.717, 1.165) is 0 Å². The molecular formula is C11H19N3O4. The highest BCUT2D eigenvalue weighted by atomic mass is 16.5. The Hall–Kier alpha value is -1.02. The number of aromatic nitrogens is 2. The molecular weight excluding hydrogens is 238 g/mol. The molecule has 1 aromatic heterocycles. The third kappa shape index (κ3) is 3.74. The van der Waals surface area contributed by atoms with Crippen molar-refractivity contribution in [3.63, 3.8) is 0 Å². The molecule has 0 amide bonds. The number of β-amino-alcohol motifs (C(OH)–C–C–N with tert-alkyl or cyclic N) is 1. The molecule has 0 bridgehead atoms. The van der Waals surface area contributed by atoms with Crippen LogP contribution in [0.4, 0.5) is 0 Å². The van der Waals surface area contributed by atoms with Crippen molar-refractivity contribution in [3.05, 3.63) is 11.7 Å². The van der Waals surface area contributed by atoms with E-state index >= 15 is 0 Å². The van der Waals surface area contributed by atoms with Gasteiger partial charge in [0.2, 0.25) is 5.89 Å². The van der Waals surface area contributed by atoms with Crippen LogP contribution in [0.15, 0.2) is 4.52 Å². The monoisotopic (exact) mass is 257 g/mol. The third-order valence-electron chi connectivity index (χ3n) is 2.79. The Morgan fingerprint density at radius 2 is 2.33 bits per heavy atom. The predicted octanol–water partition coefficient (Wildman–Crippen LogP) is -0.330. The van der Waals surface area contributed by atoms with Gasteiger partial charge in [-0.25, -0.2) is 0 Å². The molecule has 7 nitrogen and oxygen atoms in total. The van der Waals surface area contributed by atoms with E-state index in [2.05, 4.69) is 15.5 Å². The van der Waals surface area contributed by atoms with Crippen molar-refractivity contribution in [2.45, 2.75) is 25.0 Å². The lowest BCUT2D eigenvalue weighted by Gasteiger charge is -2.02. The smallest absolute Gasteiger partial charge is 0.243 e. The minimum Gasteiger partial charge on any atom is -0.392 e. The molecule has 1 aromatic rings. The summed E-state index contributed by atoms with van der Waals surface area (Å²) in [4.78, 5) is 4.28. The van der Waals surface area contributed by atoms with Crippen LogP contribution in [0.3, 0.4) is 0 Å². The van der Waals surface area contributed by atoms with Crippen LogP contribution < -0.4 is 5.32 Å². The van der Waals surface area contributed by atoms with Crippen molar-refractivity contribution in [2.75, 3.05) is 33.5 Å². The van der Waals surface area contributed by atoms with E-state index in [9.17, 15) is 5.11 Å². The molecule has 0 radical (unpaired) electrons. The van der Waals surface area contributed by atoms with E-state index in [1.54, 1.807) is 7.11 Å². The number of aliphatic hydroxyl groups excluding tert-OH is 1. The summed E-state index contributed by atoms with van der Waals surface area (Å²) in [5, 5.41) is 16.4. The number of nitrogens with one attached hydrogen (secondary N) is 1. The molecule has 2 atom stereocenters. The zero-order valence-electron chi connectivity index (χ0n) is 10.5. The highest BCUT2D eigenvalue weighted by Crippen LogP contribution is 2.21. The van der Waals surface area contributed by atoms with Gasteiger partial charge in [0, 0.05) is 20.1 Å². The first-order valence-electron chi connectivity index (χ1n) is 6.10. The number of hydrogen-bond acceptors (Lipinski definition) is 7. The molecule has 2 heterocycles. The van der Waals surface area contributed by atoms with Crippen molar-refractivity contribution in [1.82, 2.24) is 15.5 Å². The van der Waals surface area contributed by atoms with Gasteiger partial charge in [0.15, 0.2) is 5.82 Å². The zero-order chi connectivity index (χ0) is 12.8. The van der Waals surface area contributed by atoms with E-state index in [1.165, 1.54) is 0 Å². The molecule has 0 aliphatic carbocycles. The molecule has 1 aliphatic rings. The molecule has 0 spiro atoms. The molecule has 0 unspecified atom stereocenters. The Kier molecular flexibility index (Phi) is 5.06. The normalized spacial score (nSPS) is 23.7. The van der Waals surface area contributed by atoms with Crippen LogP contribution in [0, 0.1) is 0 Å². The highest BCUT2D eigenvalue weighted by Gasteiger charge is 2.27. The van der Waals surface area contributed by atoms with E-state index < -0.39 is 0 Å². The van der Waals surface area contributed by atoms with Gasteiger partial charge in [-0.15, -0.1) is 0 Å².